The highest BCUT2D eigenvalue weighted by Gasteiger charge is 2.34. The molecule has 2 N–H and O–H groups in total. The monoisotopic (exact) mass is 472 g/mol. The Hall–Kier alpha value is -4.30. The second-order valence-electron chi connectivity index (χ2n) is 7.66. The van der Waals surface area contributed by atoms with Crippen LogP contribution in [0.1, 0.15) is 27.0 Å². The number of ether oxygens (including phenoxy) is 1. The molecular weight excluding hydrogens is 452 g/mol. The van der Waals surface area contributed by atoms with Gasteiger partial charge >= 0.3 is 5.97 Å². The van der Waals surface area contributed by atoms with Crippen LogP contribution in [-0.4, -0.2) is 28.0 Å². The Labute approximate surface area is 201 Å². The maximum absolute atomic E-state index is 13.1. The van der Waals surface area contributed by atoms with Gasteiger partial charge in [-0.1, -0.05) is 42.0 Å². The number of nitrogens with zero attached hydrogens (tertiary/aromatic N) is 1. The summed E-state index contributed by atoms with van der Waals surface area (Å²) in [5.41, 5.74) is 3.13. The lowest BCUT2D eigenvalue weighted by molar-refractivity contribution is -0.122. The fraction of sp³-hybridized carbons (Fsp3) is 0.0769. The number of carbonyl (C=O) groups excluding carboxylic acids is 2. The number of thiocarbonyl (C=S) groups is 1. The van der Waals surface area contributed by atoms with Gasteiger partial charge in [-0.05, 0) is 72.7 Å². The number of hydrogen-bond donors (Lipinski definition) is 2. The molecule has 170 valence electrons. The molecule has 2 amide bonds. The molecule has 3 aromatic carbocycles. The molecule has 1 fully saturated rings. The molecule has 3 aromatic rings. The van der Waals surface area contributed by atoms with Crippen molar-refractivity contribution in [1.29, 1.82) is 0 Å². The number of anilines is 1. The number of aromatic carboxylic acids is 1. The van der Waals surface area contributed by atoms with Crippen LogP contribution in [0.2, 0.25) is 0 Å². The highest BCUT2D eigenvalue weighted by atomic mass is 32.1. The summed E-state index contributed by atoms with van der Waals surface area (Å²) in [6.45, 7) is 2.14. The largest absolute Gasteiger partial charge is 0.489 e. The fourth-order valence-corrected chi connectivity index (χ4v) is 3.65. The van der Waals surface area contributed by atoms with Crippen LogP contribution in [0.3, 0.4) is 0 Å². The molecule has 0 aromatic heterocycles. The van der Waals surface area contributed by atoms with E-state index >= 15 is 0 Å². The minimum atomic E-state index is -0.998. The van der Waals surface area contributed by atoms with Crippen LogP contribution in [0.25, 0.3) is 6.08 Å². The molecule has 8 heteroatoms. The zero-order valence-corrected chi connectivity index (χ0v) is 19.0. The summed E-state index contributed by atoms with van der Waals surface area (Å²) in [5, 5.41) is 11.7. The normalized spacial score (nSPS) is 14.8. The van der Waals surface area contributed by atoms with E-state index in [1.165, 1.54) is 17.0 Å². The van der Waals surface area contributed by atoms with Crippen molar-refractivity contribution in [3.8, 4) is 5.75 Å². The first-order valence-electron chi connectivity index (χ1n) is 10.3. The van der Waals surface area contributed by atoms with Gasteiger partial charge in [-0.15, -0.1) is 0 Å². The van der Waals surface area contributed by atoms with Crippen molar-refractivity contribution in [2.75, 3.05) is 4.90 Å². The van der Waals surface area contributed by atoms with Gasteiger partial charge in [0, 0.05) is 0 Å². The molecule has 7 nitrogen and oxygen atoms in total. The van der Waals surface area contributed by atoms with Crippen molar-refractivity contribution in [3.05, 3.63) is 101 Å². The molecule has 0 unspecified atom stereocenters. The molecule has 34 heavy (non-hydrogen) atoms. The van der Waals surface area contributed by atoms with Crippen LogP contribution in [0, 0.1) is 6.92 Å². The van der Waals surface area contributed by atoms with Gasteiger partial charge in [-0.3, -0.25) is 19.8 Å². The molecule has 1 saturated heterocycles. The van der Waals surface area contributed by atoms with E-state index in [-0.39, 0.29) is 22.9 Å². The third-order valence-electron chi connectivity index (χ3n) is 5.16. The van der Waals surface area contributed by atoms with Gasteiger partial charge in [0.2, 0.25) is 0 Å². The Morgan fingerprint density at radius 1 is 1.06 bits per heavy atom. The van der Waals surface area contributed by atoms with Crippen molar-refractivity contribution in [2.45, 2.75) is 13.5 Å². The minimum absolute atomic E-state index is 0.0340. The lowest BCUT2D eigenvalue weighted by Gasteiger charge is -2.29. The molecule has 0 radical (unpaired) electrons. The summed E-state index contributed by atoms with van der Waals surface area (Å²) in [7, 11) is 0. The highest BCUT2D eigenvalue weighted by Crippen LogP contribution is 2.23. The summed E-state index contributed by atoms with van der Waals surface area (Å²) in [6, 6.07) is 20.6. The van der Waals surface area contributed by atoms with Crippen LogP contribution < -0.4 is 15.0 Å². The predicted molar refractivity (Wildman–Crippen MR) is 132 cm³/mol. The zero-order chi connectivity index (χ0) is 24.2. The Morgan fingerprint density at radius 2 is 1.76 bits per heavy atom. The number of amides is 2. The average Bonchev–Trinajstić information content (AvgIpc) is 2.82. The topological polar surface area (TPSA) is 95.9 Å². The lowest BCUT2D eigenvalue weighted by atomic mass is 10.1. The lowest BCUT2D eigenvalue weighted by Crippen LogP contribution is -2.54. The Kier molecular flexibility index (Phi) is 6.51. The van der Waals surface area contributed by atoms with E-state index in [9.17, 15) is 14.4 Å². The van der Waals surface area contributed by atoms with E-state index in [4.69, 9.17) is 22.1 Å². The first kappa shape index (κ1) is 22.9. The van der Waals surface area contributed by atoms with E-state index < -0.39 is 17.8 Å². The number of carboxylic acid groups (broad SMARTS) is 1. The molecule has 0 spiro atoms. The smallest absolute Gasteiger partial charge is 0.335 e. The first-order valence-corrected chi connectivity index (χ1v) is 10.8. The molecule has 0 atom stereocenters. The summed E-state index contributed by atoms with van der Waals surface area (Å²) in [6.07, 6.45) is 1.50. The summed E-state index contributed by atoms with van der Waals surface area (Å²) in [5.74, 6) is -1.50. The molecule has 4 rings (SSSR count). The van der Waals surface area contributed by atoms with Crippen LogP contribution in [0.4, 0.5) is 5.69 Å². The molecule has 1 heterocycles. The van der Waals surface area contributed by atoms with Gasteiger partial charge in [0.25, 0.3) is 11.8 Å². The summed E-state index contributed by atoms with van der Waals surface area (Å²) in [4.78, 5) is 37.9. The van der Waals surface area contributed by atoms with Crippen molar-refractivity contribution >= 4 is 46.9 Å². The van der Waals surface area contributed by atoms with E-state index in [1.807, 2.05) is 19.1 Å². The van der Waals surface area contributed by atoms with E-state index in [2.05, 4.69) is 5.32 Å². The number of rotatable bonds is 6. The maximum Gasteiger partial charge on any atom is 0.335 e. The van der Waals surface area contributed by atoms with Crippen molar-refractivity contribution < 1.29 is 24.2 Å². The molecule has 1 aliphatic heterocycles. The van der Waals surface area contributed by atoms with Crippen molar-refractivity contribution in [1.82, 2.24) is 5.32 Å². The number of nitrogens with one attached hydrogen (secondary N) is 1. The molecule has 0 aliphatic carbocycles. The van der Waals surface area contributed by atoms with E-state index in [1.54, 1.807) is 54.6 Å². The molecule has 0 saturated carbocycles. The summed E-state index contributed by atoms with van der Waals surface area (Å²) >= 11 is 5.22. The molecular formula is C26H20N2O5S. The number of hydrogen-bond acceptors (Lipinski definition) is 5. The SMILES string of the molecule is Cc1ccc(N2C(=O)/C(=C/c3ccc(OCc4cccc(C(=O)O)c4)cc3)C(=O)NC2=S)cc1. The number of carbonyl (C=O) groups is 3. The van der Waals surface area contributed by atoms with Gasteiger partial charge in [0.1, 0.15) is 17.9 Å². The Bertz CT molecular complexity index is 1310. The van der Waals surface area contributed by atoms with Gasteiger partial charge in [0.15, 0.2) is 5.11 Å². The molecule has 0 bridgehead atoms. The number of carboxylic acids is 1. The predicted octanol–water partition coefficient (Wildman–Crippen LogP) is 4.10. The standard InChI is InChI=1S/C26H20N2O5S/c1-16-5-9-20(10-6-16)28-24(30)22(23(29)27-26(28)34)14-17-7-11-21(12-8-17)33-15-18-3-2-4-19(13-18)25(31)32/h2-14H,15H2,1H3,(H,31,32)(H,27,29,34)/b22-14+. The van der Waals surface area contributed by atoms with Gasteiger partial charge in [-0.25, -0.2) is 4.79 Å². The first-order chi connectivity index (χ1) is 16.3. The number of aryl methyl sites for hydroxylation is 1. The average molecular weight is 473 g/mol. The third-order valence-corrected chi connectivity index (χ3v) is 5.45. The fourth-order valence-electron chi connectivity index (χ4n) is 3.37. The zero-order valence-electron chi connectivity index (χ0n) is 18.1. The number of benzene rings is 3. The maximum atomic E-state index is 13.1. The summed E-state index contributed by atoms with van der Waals surface area (Å²) < 4.78 is 5.73. The Morgan fingerprint density at radius 3 is 2.44 bits per heavy atom. The quantitative estimate of drug-likeness (QED) is 0.319. The van der Waals surface area contributed by atoms with E-state index in [0.717, 1.165) is 11.1 Å². The van der Waals surface area contributed by atoms with Crippen molar-refractivity contribution in [2.24, 2.45) is 0 Å². The van der Waals surface area contributed by atoms with Crippen LogP contribution in [0.5, 0.6) is 5.75 Å². The second-order valence-corrected chi connectivity index (χ2v) is 8.04. The highest BCUT2D eigenvalue weighted by molar-refractivity contribution is 7.80. The van der Waals surface area contributed by atoms with Crippen LogP contribution in [-0.2, 0) is 16.2 Å². The van der Waals surface area contributed by atoms with Gasteiger partial charge in [0.05, 0.1) is 11.3 Å². The van der Waals surface area contributed by atoms with E-state index in [0.29, 0.717) is 17.0 Å². The third kappa shape index (κ3) is 5.02. The van der Waals surface area contributed by atoms with Crippen LogP contribution in [0.15, 0.2) is 78.4 Å². The van der Waals surface area contributed by atoms with Gasteiger partial charge < -0.3 is 9.84 Å². The molecule has 1 aliphatic rings. The second kappa shape index (κ2) is 9.68. The van der Waals surface area contributed by atoms with Gasteiger partial charge in [-0.2, -0.15) is 0 Å². The van der Waals surface area contributed by atoms with Crippen molar-refractivity contribution in [3.63, 3.8) is 0 Å². The Balaban J connectivity index is 1.49. The van der Waals surface area contributed by atoms with Crippen LogP contribution >= 0.6 is 12.2 Å². The minimum Gasteiger partial charge on any atom is -0.489 e.